The van der Waals surface area contributed by atoms with Gasteiger partial charge in [-0.15, -0.1) is 0 Å². The van der Waals surface area contributed by atoms with Crippen LogP contribution in [-0.2, 0) is 10.8 Å². The zero-order valence-electron chi connectivity index (χ0n) is 44.8. The standard InChI is InChI=1S/C27H38O2.C25H34O2.C7H8O.C6H6O/c1-18-8-7-14-26(4,5)23(18)13-15-27(6,21-9-11-24(28)19(2)16-21)22-10-12-25(29)20(3)17-22;1-18-6-5-16-24(2,3)23(18)15-17-25(4,19-7-11-21(26)12-8-19)20-9-13-22(27)14-10-20;1-6-4-2-3-5-7(6)8;7-6-4-2-1-3-5-6/h9-12,16-18,23,28-29H,7-8,13-15H2,1-6H3;7-14,18,23,26-27H,5-6,15-17H2,1-4H3;2-5,8H,1H3;1-5,7H. The summed E-state index contributed by atoms with van der Waals surface area (Å²) in [6, 6.07) is 43.3. The molecular formula is C65H86O6. The van der Waals surface area contributed by atoms with Gasteiger partial charge in [-0.1, -0.05) is 166 Å². The number of benzene rings is 6. The zero-order chi connectivity index (χ0) is 52.1. The van der Waals surface area contributed by atoms with E-state index in [1.165, 1.54) is 73.6 Å². The first kappa shape index (κ1) is 56.0. The van der Waals surface area contributed by atoms with Gasteiger partial charge in [0.15, 0.2) is 0 Å². The molecule has 0 bridgehead atoms. The van der Waals surface area contributed by atoms with Crippen molar-refractivity contribution in [2.75, 3.05) is 0 Å². The predicted molar refractivity (Wildman–Crippen MR) is 295 cm³/mol. The average molecular weight is 963 g/mol. The SMILES string of the molecule is CC1CCCC(C)(C)C1CCC(C)(c1ccc(O)cc1)c1ccc(O)cc1.Cc1cc(C(C)(CCC2C(C)CCCC2(C)C)c2ccc(O)c(C)c2)ccc1O.Cc1ccccc1O.Oc1ccccc1. The van der Waals surface area contributed by atoms with E-state index in [0.29, 0.717) is 51.2 Å². The van der Waals surface area contributed by atoms with E-state index in [9.17, 15) is 20.4 Å². The van der Waals surface area contributed by atoms with E-state index in [-0.39, 0.29) is 10.8 Å². The van der Waals surface area contributed by atoms with Crippen LogP contribution < -0.4 is 0 Å². The topological polar surface area (TPSA) is 121 Å². The molecule has 4 unspecified atom stereocenters. The second-order valence-corrected chi connectivity index (χ2v) is 22.9. The van der Waals surface area contributed by atoms with E-state index in [0.717, 1.165) is 47.3 Å². The molecule has 6 nitrogen and oxygen atoms in total. The summed E-state index contributed by atoms with van der Waals surface area (Å²) in [5.41, 5.74) is 8.12. The third-order valence-corrected chi connectivity index (χ3v) is 16.8. The molecule has 71 heavy (non-hydrogen) atoms. The Hall–Kier alpha value is -5.88. The fraction of sp³-hybridized carbons (Fsp3) is 0.446. The molecule has 0 aromatic heterocycles. The highest BCUT2D eigenvalue weighted by atomic mass is 16.3. The molecule has 2 aliphatic rings. The maximum absolute atomic E-state index is 10.1. The minimum absolute atomic E-state index is 0.144. The molecule has 2 aliphatic carbocycles. The van der Waals surface area contributed by atoms with Gasteiger partial charge in [0.2, 0.25) is 0 Å². The molecule has 6 heteroatoms. The molecule has 8 rings (SSSR count). The zero-order valence-corrected chi connectivity index (χ0v) is 44.8. The molecule has 0 spiro atoms. The number of para-hydroxylation sites is 2. The molecule has 2 fully saturated rings. The minimum Gasteiger partial charge on any atom is -0.508 e. The number of hydrogen-bond donors (Lipinski definition) is 6. The Morgan fingerprint density at radius 3 is 1.08 bits per heavy atom. The van der Waals surface area contributed by atoms with Gasteiger partial charge in [0.05, 0.1) is 0 Å². The Bertz CT molecular complexity index is 2440. The van der Waals surface area contributed by atoms with Crippen molar-refractivity contribution in [2.24, 2.45) is 34.5 Å². The van der Waals surface area contributed by atoms with Crippen LogP contribution in [0, 0.1) is 55.3 Å². The lowest BCUT2D eigenvalue weighted by Gasteiger charge is -2.45. The van der Waals surface area contributed by atoms with Crippen LogP contribution in [0.15, 0.2) is 140 Å². The van der Waals surface area contributed by atoms with Crippen LogP contribution in [-0.4, -0.2) is 30.6 Å². The Morgan fingerprint density at radius 2 is 0.761 bits per heavy atom. The average Bonchev–Trinajstić information content (AvgIpc) is 3.32. The smallest absolute Gasteiger partial charge is 0.118 e. The first-order chi connectivity index (χ1) is 33.5. The molecule has 0 radical (unpaired) electrons. The van der Waals surface area contributed by atoms with Crippen LogP contribution in [0.5, 0.6) is 34.5 Å². The van der Waals surface area contributed by atoms with Gasteiger partial charge in [0.25, 0.3) is 0 Å². The molecule has 6 aromatic carbocycles. The van der Waals surface area contributed by atoms with Crippen LogP contribution in [0.25, 0.3) is 0 Å². The van der Waals surface area contributed by atoms with Crippen molar-refractivity contribution < 1.29 is 30.6 Å². The number of aromatic hydroxyl groups is 6. The maximum Gasteiger partial charge on any atom is 0.118 e. The summed E-state index contributed by atoms with van der Waals surface area (Å²) in [7, 11) is 0. The third-order valence-electron chi connectivity index (χ3n) is 16.8. The summed E-state index contributed by atoms with van der Waals surface area (Å²) in [5, 5.41) is 57.1. The van der Waals surface area contributed by atoms with E-state index >= 15 is 0 Å². The van der Waals surface area contributed by atoms with Crippen LogP contribution in [0.3, 0.4) is 0 Å². The fourth-order valence-corrected chi connectivity index (χ4v) is 11.9. The van der Waals surface area contributed by atoms with Crippen molar-refractivity contribution in [1.82, 2.24) is 0 Å². The van der Waals surface area contributed by atoms with Gasteiger partial charge >= 0.3 is 0 Å². The van der Waals surface area contributed by atoms with Gasteiger partial charge in [-0.2, -0.15) is 0 Å². The van der Waals surface area contributed by atoms with Crippen molar-refractivity contribution in [3.8, 4) is 34.5 Å². The Balaban J connectivity index is 0.000000204. The molecule has 4 atom stereocenters. The highest BCUT2D eigenvalue weighted by Gasteiger charge is 2.41. The predicted octanol–water partition coefficient (Wildman–Crippen LogP) is 17.0. The first-order valence-corrected chi connectivity index (χ1v) is 26.1. The van der Waals surface area contributed by atoms with Crippen LogP contribution in [0.4, 0.5) is 0 Å². The largest absolute Gasteiger partial charge is 0.508 e. The van der Waals surface area contributed by atoms with Crippen LogP contribution >= 0.6 is 0 Å². The summed E-state index contributed by atoms with van der Waals surface area (Å²) in [5.74, 6) is 4.94. The number of phenolic OH excluding ortho intramolecular Hbond substituents is 6. The second-order valence-electron chi connectivity index (χ2n) is 22.9. The van der Waals surface area contributed by atoms with Crippen molar-refractivity contribution in [3.63, 3.8) is 0 Å². The molecule has 0 amide bonds. The Labute approximate surface area is 427 Å². The molecule has 6 aromatic rings. The van der Waals surface area contributed by atoms with Gasteiger partial charge in [0, 0.05) is 10.8 Å². The fourth-order valence-electron chi connectivity index (χ4n) is 11.9. The lowest BCUT2D eigenvalue weighted by atomic mass is 9.60. The monoisotopic (exact) mass is 963 g/mol. The van der Waals surface area contributed by atoms with Crippen molar-refractivity contribution in [3.05, 3.63) is 178 Å². The summed E-state index contributed by atoms with van der Waals surface area (Å²) in [4.78, 5) is 0. The minimum atomic E-state index is -0.163. The molecule has 0 heterocycles. The van der Waals surface area contributed by atoms with Gasteiger partial charge in [0.1, 0.15) is 34.5 Å². The Morgan fingerprint density at radius 1 is 0.423 bits per heavy atom. The molecule has 0 saturated heterocycles. The third kappa shape index (κ3) is 14.8. The van der Waals surface area contributed by atoms with Crippen LogP contribution in [0.1, 0.15) is 159 Å². The second kappa shape index (κ2) is 24.5. The molecule has 382 valence electrons. The first-order valence-electron chi connectivity index (χ1n) is 26.1. The summed E-state index contributed by atoms with van der Waals surface area (Å²) >= 11 is 0. The lowest BCUT2D eigenvalue weighted by molar-refractivity contribution is 0.0706. The molecular weight excluding hydrogens is 877 g/mol. The van der Waals surface area contributed by atoms with Gasteiger partial charge in [-0.25, -0.2) is 0 Å². The quantitative estimate of drug-likeness (QED) is 0.0813. The van der Waals surface area contributed by atoms with Gasteiger partial charge < -0.3 is 30.6 Å². The summed E-state index contributed by atoms with van der Waals surface area (Å²) < 4.78 is 0. The van der Waals surface area contributed by atoms with Crippen molar-refractivity contribution in [2.45, 2.75) is 151 Å². The van der Waals surface area contributed by atoms with Crippen molar-refractivity contribution in [1.29, 1.82) is 0 Å². The van der Waals surface area contributed by atoms with E-state index in [1.807, 2.05) is 81.4 Å². The summed E-state index contributed by atoms with van der Waals surface area (Å²) in [6.45, 7) is 25.0. The van der Waals surface area contributed by atoms with E-state index in [2.05, 4.69) is 79.7 Å². The van der Waals surface area contributed by atoms with E-state index in [1.54, 1.807) is 54.6 Å². The summed E-state index contributed by atoms with van der Waals surface area (Å²) in [6.07, 6.45) is 12.5. The van der Waals surface area contributed by atoms with Crippen molar-refractivity contribution >= 4 is 0 Å². The highest BCUT2D eigenvalue weighted by molar-refractivity contribution is 5.47. The van der Waals surface area contributed by atoms with Gasteiger partial charge in [-0.05, 0) is 187 Å². The number of aryl methyl sites for hydroxylation is 3. The molecule has 2 saturated carbocycles. The van der Waals surface area contributed by atoms with E-state index in [4.69, 9.17) is 10.2 Å². The van der Waals surface area contributed by atoms with Crippen LogP contribution in [0.2, 0.25) is 0 Å². The number of rotatable bonds is 10. The maximum atomic E-state index is 10.1. The lowest BCUT2D eigenvalue weighted by Crippen LogP contribution is -2.35. The number of phenols is 6. The highest BCUT2D eigenvalue weighted by Crippen LogP contribution is 2.51. The normalized spacial score (nSPS) is 19.4. The molecule has 6 N–H and O–H groups in total. The van der Waals surface area contributed by atoms with Gasteiger partial charge in [-0.3, -0.25) is 0 Å². The Kier molecular flexibility index (Phi) is 19.3. The number of hydrogen-bond acceptors (Lipinski definition) is 6. The van der Waals surface area contributed by atoms with E-state index < -0.39 is 0 Å². The molecule has 0 aliphatic heterocycles.